The van der Waals surface area contributed by atoms with Crippen molar-refractivity contribution >= 4 is 42.8 Å². The van der Waals surface area contributed by atoms with Crippen molar-refractivity contribution in [1.29, 1.82) is 0 Å². The number of ether oxygens (including phenoxy) is 8. The highest BCUT2D eigenvalue weighted by Crippen LogP contribution is 2.39. The lowest BCUT2D eigenvalue weighted by Crippen LogP contribution is -2.52. The number of rotatable bonds is 49. The number of primary amides is 1. The first-order valence-electron chi connectivity index (χ1n) is 28.4. The van der Waals surface area contributed by atoms with Crippen molar-refractivity contribution in [2.24, 2.45) is 35.3 Å². The number of benzene rings is 1. The van der Waals surface area contributed by atoms with Crippen LogP contribution in [0.3, 0.4) is 0 Å². The molecule has 2 aromatic rings. The molecule has 8 N–H and O–H groups in total. The van der Waals surface area contributed by atoms with Crippen molar-refractivity contribution < 1.29 is 86.1 Å². The van der Waals surface area contributed by atoms with Gasteiger partial charge < -0.3 is 79.0 Å². The summed E-state index contributed by atoms with van der Waals surface area (Å²) in [5, 5.41) is 15.7. The van der Waals surface area contributed by atoms with Crippen LogP contribution in [0, 0.1) is 29.6 Å². The summed E-state index contributed by atoms with van der Waals surface area (Å²) in [6.45, 7) is 10.7. The van der Waals surface area contributed by atoms with Crippen LogP contribution >= 0.6 is 7.60 Å². The van der Waals surface area contributed by atoms with E-state index in [1.807, 2.05) is 32.0 Å². The zero-order valence-corrected chi connectivity index (χ0v) is 48.9. The minimum atomic E-state index is -4.58. The molecule has 0 unspecified atom stereocenters. The van der Waals surface area contributed by atoms with Gasteiger partial charge in [0.05, 0.1) is 137 Å². The van der Waals surface area contributed by atoms with Gasteiger partial charge in [0.25, 0.3) is 0 Å². The molecular weight excluding hydrogens is 1080 g/mol. The van der Waals surface area contributed by atoms with Crippen molar-refractivity contribution in [2.45, 2.75) is 110 Å². The number of aromatic amines is 1. The Kier molecular flexibility index (Phi) is 36.2. The summed E-state index contributed by atoms with van der Waals surface area (Å²) in [5.41, 5.74) is 7.26. The van der Waals surface area contributed by atoms with Crippen LogP contribution in [0.25, 0.3) is 0 Å². The van der Waals surface area contributed by atoms with Crippen LogP contribution in [-0.4, -0.2) is 209 Å². The first-order valence-corrected chi connectivity index (χ1v) is 30.2. The molecule has 0 bridgehead atoms. The molecule has 1 fully saturated rings. The molecule has 24 nitrogen and oxygen atoms in total. The molecule has 1 aliphatic rings. The number of likely N-dealkylation sites (tertiary alicyclic amines) is 1. The minimum absolute atomic E-state index is 0.0202. The molecule has 0 aliphatic carbocycles. The number of methoxy groups -OCH3 is 1. The first-order chi connectivity index (χ1) is 38.9. The van der Waals surface area contributed by atoms with Crippen LogP contribution in [0.2, 0.25) is 0 Å². The number of aliphatic hydroxyl groups excluding tert-OH is 1. The second-order valence-corrected chi connectivity index (χ2v) is 22.6. The molecule has 0 spiro atoms. The number of hydrogen-bond donors (Lipinski definition) is 7. The molecule has 0 saturated carbocycles. The van der Waals surface area contributed by atoms with Gasteiger partial charge in [-0.25, -0.2) is 4.98 Å². The van der Waals surface area contributed by atoms with E-state index in [0.29, 0.717) is 97.9 Å². The van der Waals surface area contributed by atoms with Crippen LogP contribution in [0.4, 0.5) is 0 Å². The van der Waals surface area contributed by atoms with E-state index in [1.54, 1.807) is 12.0 Å². The normalized spacial score (nSPS) is 16.5. The van der Waals surface area contributed by atoms with Gasteiger partial charge in [-0.05, 0) is 55.4 Å². The Labute approximate surface area is 477 Å². The maximum Gasteiger partial charge on any atom is 0.325 e. The minimum Gasteiger partial charge on any atom is -0.394 e. The molecule has 460 valence electrons. The zero-order chi connectivity index (χ0) is 59.3. The highest BCUT2D eigenvalue weighted by atomic mass is 31.2. The lowest BCUT2D eigenvalue weighted by atomic mass is 9.87. The van der Waals surface area contributed by atoms with E-state index in [1.165, 1.54) is 25.0 Å². The third-order valence-corrected chi connectivity index (χ3v) is 14.7. The van der Waals surface area contributed by atoms with Crippen LogP contribution in [-0.2, 0) is 84.1 Å². The smallest absolute Gasteiger partial charge is 0.325 e. The number of nitrogens with zero attached hydrogens (tertiary/aromatic N) is 2. The summed E-state index contributed by atoms with van der Waals surface area (Å²) < 4.78 is 55.3. The van der Waals surface area contributed by atoms with Gasteiger partial charge in [0.15, 0.2) is 11.6 Å². The van der Waals surface area contributed by atoms with Gasteiger partial charge in [-0.1, -0.05) is 63.9 Å². The molecular formula is C56H93N6O18P. The third kappa shape index (κ3) is 31.1. The van der Waals surface area contributed by atoms with E-state index in [2.05, 4.69) is 32.7 Å². The molecule has 0 radical (unpaired) electrons. The van der Waals surface area contributed by atoms with Crippen molar-refractivity contribution in [3.63, 3.8) is 0 Å². The largest absolute Gasteiger partial charge is 0.394 e. The Morgan fingerprint density at radius 1 is 0.753 bits per heavy atom. The van der Waals surface area contributed by atoms with Gasteiger partial charge >= 0.3 is 7.60 Å². The number of aliphatic hydroxyl groups is 1. The second kappa shape index (κ2) is 41.4. The lowest BCUT2D eigenvalue weighted by Gasteiger charge is -2.28. The molecule has 1 aromatic carbocycles. The summed E-state index contributed by atoms with van der Waals surface area (Å²) in [5.74, 6) is -7.30. The van der Waals surface area contributed by atoms with E-state index < -0.39 is 98.4 Å². The molecule has 1 aromatic heterocycles. The van der Waals surface area contributed by atoms with Crippen molar-refractivity contribution in [3.05, 3.63) is 54.1 Å². The van der Waals surface area contributed by atoms with E-state index >= 15 is 0 Å². The third-order valence-electron chi connectivity index (χ3n) is 13.7. The van der Waals surface area contributed by atoms with Crippen molar-refractivity contribution in [3.8, 4) is 0 Å². The van der Waals surface area contributed by atoms with Gasteiger partial charge in [0.1, 0.15) is 12.1 Å². The maximum atomic E-state index is 14.4. The molecule has 3 rings (SSSR count). The summed E-state index contributed by atoms with van der Waals surface area (Å²) in [6.07, 6.45) is 6.36. The highest BCUT2D eigenvalue weighted by molar-refractivity contribution is 7.51. The summed E-state index contributed by atoms with van der Waals surface area (Å²) >= 11 is 0. The Morgan fingerprint density at radius 3 is 1.81 bits per heavy atom. The fourth-order valence-electron chi connectivity index (χ4n) is 9.38. The number of nitrogens with two attached hydrogens (primary N) is 1. The number of unbranched alkanes of at least 4 members (excludes halogenated alkanes) is 2. The van der Waals surface area contributed by atoms with Gasteiger partial charge in [0, 0.05) is 50.7 Å². The SMILES string of the molecule is COCCOCCOCCOCCOCCOCCOCCOCCC(=O)N1C[C@H](CCCCCc2ccccc2)C[C@H]1C(=O)N[C@@H](CC(C)C)C(=O)C[C@@H](Cc1cnc[nH]1)C(=O)N[C@@H](CO)C(=O)C[C@H](C(N)=O)[C@@H](C)CP(=O)(O)O. The van der Waals surface area contributed by atoms with E-state index in [9.17, 15) is 48.2 Å². The average Bonchev–Trinajstić information content (AvgIpc) is 4.18. The van der Waals surface area contributed by atoms with Crippen LogP contribution in [0.15, 0.2) is 42.9 Å². The predicted octanol–water partition coefficient (Wildman–Crippen LogP) is 2.58. The second-order valence-electron chi connectivity index (χ2n) is 20.9. The van der Waals surface area contributed by atoms with Gasteiger partial charge in [-0.2, -0.15) is 0 Å². The number of aryl methyl sites for hydroxylation is 1. The quantitative estimate of drug-likeness (QED) is 0.0370. The summed E-state index contributed by atoms with van der Waals surface area (Å²) in [6, 6.07) is 6.78. The zero-order valence-electron chi connectivity index (χ0n) is 48.1. The highest BCUT2D eigenvalue weighted by Gasteiger charge is 2.41. The number of carbonyl (C=O) groups excluding carboxylic acids is 6. The van der Waals surface area contributed by atoms with E-state index in [-0.39, 0.29) is 56.8 Å². The van der Waals surface area contributed by atoms with Gasteiger partial charge in [-0.15, -0.1) is 0 Å². The van der Waals surface area contributed by atoms with Gasteiger partial charge in [-0.3, -0.25) is 33.3 Å². The number of ketones is 2. The number of nitrogens with one attached hydrogen (secondary N) is 3. The molecule has 1 saturated heterocycles. The molecule has 4 amide bonds. The number of amides is 4. The molecule has 1 aliphatic heterocycles. The fraction of sp³-hybridized carbons (Fsp3) is 0.732. The standard InChI is InChI=1S/C56H93N6O18P/c1-41(2)31-48(51(64)34-45(33-46-36-58-40-59-46)55(68)61-49(38-63)52(65)35-47(54(57)67)42(3)39-81(70,71)72)60-56(69)50-32-44(14-10-6-9-13-43-11-7-5-8-12-43)37-62(50)53(66)15-16-74-19-20-76-23-24-78-27-28-80-30-29-79-26-25-77-22-21-75-18-17-73-4/h5,7-8,11-12,36,40-42,44-45,47-50,63H,6,9-10,13-35,37-39H2,1-4H3,(H2,57,67)(H,58,59)(H,60,69)(H,61,68)(H2,70,71,72)/t42-,44+,45+,47-,48-,49-,50-/m0/s1. The summed E-state index contributed by atoms with van der Waals surface area (Å²) in [7, 11) is -2.96. The number of Topliss-reactive ketones (excluding diaryl/α,β-unsaturated/α-hetero) is 2. The average molecular weight is 1170 g/mol. The number of aromatic nitrogens is 2. The Morgan fingerprint density at radius 2 is 1.31 bits per heavy atom. The van der Waals surface area contributed by atoms with Gasteiger partial charge in [0.2, 0.25) is 23.6 Å². The van der Waals surface area contributed by atoms with Crippen LogP contribution in [0.1, 0.15) is 89.8 Å². The van der Waals surface area contributed by atoms with Crippen molar-refractivity contribution in [2.75, 3.05) is 126 Å². The molecule has 7 atom stereocenters. The predicted molar refractivity (Wildman–Crippen MR) is 299 cm³/mol. The first kappa shape index (κ1) is 70.7. The topological polar surface area (TPSA) is 336 Å². The number of imidazole rings is 1. The van der Waals surface area contributed by atoms with Crippen molar-refractivity contribution in [1.82, 2.24) is 25.5 Å². The number of H-pyrrole nitrogens is 1. The fourth-order valence-corrected chi connectivity index (χ4v) is 10.4. The molecule has 25 heteroatoms. The van der Waals surface area contributed by atoms with E-state index in [0.717, 1.165) is 32.1 Å². The Bertz CT molecular complexity index is 2120. The monoisotopic (exact) mass is 1170 g/mol. The number of carbonyl (C=O) groups is 6. The summed E-state index contributed by atoms with van der Waals surface area (Å²) in [4.78, 5) is 110. The lowest BCUT2D eigenvalue weighted by molar-refractivity contribution is -0.140. The Hall–Kier alpha value is -4.56. The Balaban J connectivity index is 1.55. The number of hydrogen-bond acceptors (Lipinski definition) is 17. The molecule has 81 heavy (non-hydrogen) atoms. The maximum absolute atomic E-state index is 14.4. The van der Waals surface area contributed by atoms with Crippen LogP contribution < -0.4 is 16.4 Å². The van der Waals surface area contributed by atoms with Crippen LogP contribution in [0.5, 0.6) is 0 Å². The molecule has 2 heterocycles. The van der Waals surface area contributed by atoms with E-state index in [4.69, 9.17) is 43.6 Å².